The minimum absolute atomic E-state index is 0.168. The normalized spacial score (nSPS) is 12.9. The first kappa shape index (κ1) is 30.2. The van der Waals surface area contributed by atoms with Crippen molar-refractivity contribution in [1.29, 1.82) is 0 Å². The van der Waals surface area contributed by atoms with E-state index in [0.29, 0.717) is 24.2 Å². The molecular weight excluding hydrogens is 537 g/mol. The van der Waals surface area contributed by atoms with Gasteiger partial charge in [0.05, 0.1) is 6.16 Å². The van der Waals surface area contributed by atoms with Gasteiger partial charge >= 0.3 is 13.6 Å². The Morgan fingerprint density at radius 2 is 1.20 bits per heavy atom. The number of benzene rings is 4. The second kappa shape index (κ2) is 14.8. The number of hydrogen-bond donors (Lipinski definition) is 0. The molecule has 7 nitrogen and oxygen atoms in total. The number of anilines is 1. The fraction of sp³-hybridized carbons (Fsp3) is 0.242. The highest BCUT2D eigenvalue weighted by Gasteiger charge is 2.34. The fourth-order valence-corrected chi connectivity index (χ4v) is 5.83. The SMILES string of the molecule is CO[C@H](C(=O)O[C@H](CP(=O)(OC)OC)c1ccccc1N(Cc1ccccc1)Cc1ccccc1)c1ccccc1. The van der Waals surface area contributed by atoms with Gasteiger partial charge in [-0.25, -0.2) is 4.79 Å². The lowest BCUT2D eigenvalue weighted by Crippen LogP contribution is -2.27. The van der Waals surface area contributed by atoms with Crippen molar-refractivity contribution in [1.82, 2.24) is 0 Å². The summed E-state index contributed by atoms with van der Waals surface area (Å²) >= 11 is 0. The van der Waals surface area contributed by atoms with Gasteiger partial charge in [0, 0.05) is 45.7 Å². The molecule has 0 aromatic heterocycles. The summed E-state index contributed by atoms with van der Waals surface area (Å²) in [5, 5.41) is 0. The number of nitrogens with zero attached hydrogens (tertiary/aromatic N) is 1. The number of hydrogen-bond acceptors (Lipinski definition) is 7. The highest BCUT2D eigenvalue weighted by atomic mass is 31.2. The molecule has 0 unspecified atom stereocenters. The summed E-state index contributed by atoms with van der Waals surface area (Å²) in [4.78, 5) is 15.8. The molecule has 8 heteroatoms. The fourth-order valence-electron chi connectivity index (χ4n) is 4.71. The predicted octanol–water partition coefficient (Wildman–Crippen LogP) is 7.35. The van der Waals surface area contributed by atoms with E-state index in [1.165, 1.54) is 21.3 Å². The van der Waals surface area contributed by atoms with Crippen molar-refractivity contribution in [3.8, 4) is 0 Å². The van der Waals surface area contributed by atoms with Crippen LogP contribution in [0.15, 0.2) is 115 Å². The molecule has 0 saturated heterocycles. The van der Waals surface area contributed by atoms with Crippen molar-refractivity contribution < 1.29 is 27.9 Å². The van der Waals surface area contributed by atoms with Crippen LogP contribution < -0.4 is 4.90 Å². The highest BCUT2D eigenvalue weighted by molar-refractivity contribution is 7.53. The largest absolute Gasteiger partial charge is 0.455 e. The summed E-state index contributed by atoms with van der Waals surface area (Å²) in [6.45, 7) is 1.20. The Kier molecular flexibility index (Phi) is 10.9. The second-order valence-electron chi connectivity index (χ2n) is 9.50. The highest BCUT2D eigenvalue weighted by Crippen LogP contribution is 2.51. The molecule has 0 saturated carbocycles. The average molecular weight is 574 g/mol. The molecule has 0 spiro atoms. The van der Waals surface area contributed by atoms with E-state index in [0.717, 1.165) is 16.8 Å². The molecule has 0 heterocycles. The minimum atomic E-state index is -3.59. The van der Waals surface area contributed by atoms with E-state index >= 15 is 0 Å². The molecule has 0 fully saturated rings. The van der Waals surface area contributed by atoms with Crippen molar-refractivity contribution >= 4 is 19.3 Å². The van der Waals surface area contributed by atoms with E-state index in [4.69, 9.17) is 18.5 Å². The number of methoxy groups -OCH3 is 1. The lowest BCUT2D eigenvalue weighted by atomic mass is 10.0. The molecule has 4 aromatic carbocycles. The van der Waals surface area contributed by atoms with Crippen LogP contribution in [0.3, 0.4) is 0 Å². The molecule has 0 amide bonds. The molecule has 0 aliphatic carbocycles. The van der Waals surface area contributed by atoms with Gasteiger partial charge < -0.3 is 23.4 Å². The Labute approximate surface area is 242 Å². The first-order valence-electron chi connectivity index (χ1n) is 13.4. The number of ether oxygens (including phenoxy) is 2. The maximum Gasteiger partial charge on any atom is 0.340 e. The molecular formula is C33H36NO6P. The van der Waals surface area contributed by atoms with Gasteiger partial charge in [0.15, 0.2) is 6.10 Å². The number of esters is 1. The van der Waals surface area contributed by atoms with Gasteiger partial charge in [-0.05, 0) is 22.8 Å². The van der Waals surface area contributed by atoms with Gasteiger partial charge in [-0.3, -0.25) is 4.57 Å². The Morgan fingerprint density at radius 3 is 1.71 bits per heavy atom. The number of carbonyl (C=O) groups excluding carboxylic acids is 1. The number of rotatable bonds is 14. The van der Waals surface area contributed by atoms with E-state index in [2.05, 4.69) is 29.2 Å². The summed E-state index contributed by atoms with van der Waals surface area (Å²) in [6.07, 6.45) is -2.07. The Morgan fingerprint density at radius 1 is 0.707 bits per heavy atom. The van der Waals surface area contributed by atoms with Crippen LogP contribution in [0.2, 0.25) is 0 Å². The Bertz CT molecular complexity index is 1370. The smallest absolute Gasteiger partial charge is 0.340 e. The third kappa shape index (κ3) is 8.15. The monoisotopic (exact) mass is 573 g/mol. The van der Waals surface area contributed by atoms with E-state index in [9.17, 15) is 9.36 Å². The van der Waals surface area contributed by atoms with Gasteiger partial charge in [0.25, 0.3) is 0 Å². The van der Waals surface area contributed by atoms with Crippen LogP contribution in [-0.4, -0.2) is 33.5 Å². The van der Waals surface area contributed by atoms with E-state index < -0.39 is 25.8 Å². The third-order valence-electron chi connectivity index (χ3n) is 6.81. The van der Waals surface area contributed by atoms with Crippen LogP contribution in [0, 0.1) is 0 Å². The Balaban J connectivity index is 1.75. The van der Waals surface area contributed by atoms with Crippen molar-refractivity contribution in [3.05, 3.63) is 138 Å². The predicted molar refractivity (Wildman–Crippen MR) is 161 cm³/mol. The second-order valence-corrected chi connectivity index (χ2v) is 11.8. The van der Waals surface area contributed by atoms with Crippen molar-refractivity contribution in [2.45, 2.75) is 25.3 Å². The Hall–Kier alpha value is -3.74. The summed E-state index contributed by atoms with van der Waals surface area (Å²) in [6, 6.07) is 37.1. The van der Waals surface area contributed by atoms with Crippen LogP contribution in [0.5, 0.6) is 0 Å². The maximum atomic E-state index is 13.6. The minimum Gasteiger partial charge on any atom is -0.455 e. The van der Waals surface area contributed by atoms with Gasteiger partial charge in [0.2, 0.25) is 0 Å². The molecule has 4 aromatic rings. The van der Waals surface area contributed by atoms with Crippen molar-refractivity contribution in [2.75, 3.05) is 32.4 Å². The molecule has 41 heavy (non-hydrogen) atoms. The van der Waals surface area contributed by atoms with Crippen LogP contribution in [0.1, 0.15) is 34.5 Å². The molecule has 0 N–H and O–H groups in total. The zero-order valence-electron chi connectivity index (χ0n) is 23.6. The first-order valence-corrected chi connectivity index (χ1v) is 15.1. The molecule has 0 bridgehead atoms. The lowest BCUT2D eigenvalue weighted by molar-refractivity contribution is -0.161. The summed E-state index contributed by atoms with van der Waals surface area (Å²) < 4.78 is 35.6. The summed E-state index contributed by atoms with van der Waals surface area (Å²) in [5.74, 6) is -0.602. The maximum absolute atomic E-state index is 13.6. The first-order chi connectivity index (χ1) is 20.0. The zero-order valence-corrected chi connectivity index (χ0v) is 24.5. The van der Waals surface area contributed by atoms with E-state index in [1.54, 1.807) is 12.1 Å². The van der Waals surface area contributed by atoms with Gasteiger partial charge in [-0.1, -0.05) is 109 Å². The quantitative estimate of drug-likeness (QED) is 0.115. The summed E-state index contributed by atoms with van der Waals surface area (Å²) in [7, 11) is 0.523. The van der Waals surface area contributed by atoms with Crippen molar-refractivity contribution in [2.24, 2.45) is 0 Å². The molecule has 0 aliphatic rings. The molecule has 0 aliphatic heterocycles. The van der Waals surface area contributed by atoms with Gasteiger partial charge in [-0.2, -0.15) is 0 Å². The van der Waals surface area contributed by atoms with Crippen LogP contribution in [0.25, 0.3) is 0 Å². The van der Waals surface area contributed by atoms with Crippen LogP contribution in [0.4, 0.5) is 5.69 Å². The standard InChI is InChI=1S/C33H36NO6P/c1-37-32(28-19-11-6-12-20-28)33(35)40-31(25-41(36,38-2)39-3)29-21-13-14-22-30(29)34(23-26-15-7-4-8-16-26)24-27-17-9-5-10-18-27/h4-22,31-32H,23-25H2,1-3H3/t31-,32+/m1/s1. The van der Waals surface area contributed by atoms with Crippen molar-refractivity contribution in [3.63, 3.8) is 0 Å². The van der Waals surface area contributed by atoms with E-state index in [-0.39, 0.29) is 6.16 Å². The third-order valence-corrected chi connectivity index (χ3v) is 8.70. The number of para-hydroxylation sites is 1. The average Bonchev–Trinajstić information content (AvgIpc) is 3.02. The topological polar surface area (TPSA) is 74.3 Å². The summed E-state index contributed by atoms with van der Waals surface area (Å²) in [5.41, 5.74) is 4.42. The molecule has 0 radical (unpaired) electrons. The van der Waals surface area contributed by atoms with Gasteiger partial charge in [-0.15, -0.1) is 0 Å². The van der Waals surface area contributed by atoms with Crippen LogP contribution >= 0.6 is 7.60 Å². The van der Waals surface area contributed by atoms with Crippen LogP contribution in [-0.2, 0) is 41.0 Å². The zero-order chi connectivity index (χ0) is 29.1. The molecule has 4 rings (SSSR count). The lowest BCUT2D eigenvalue weighted by Gasteiger charge is -2.31. The van der Waals surface area contributed by atoms with E-state index in [1.807, 2.05) is 78.9 Å². The number of carbonyl (C=O) groups is 1. The van der Waals surface area contributed by atoms with Gasteiger partial charge in [0.1, 0.15) is 6.10 Å². The molecule has 2 atom stereocenters. The molecule has 214 valence electrons.